The number of amides is 1. The lowest BCUT2D eigenvalue weighted by molar-refractivity contribution is -0.139. The van der Waals surface area contributed by atoms with Crippen LogP contribution in [0, 0.1) is 0 Å². The summed E-state index contributed by atoms with van der Waals surface area (Å²) in [5, 5.41) is 2.44. The van der Waals surface area contributed by atoms with Crippen LogP contribution in [0.1, 0.15) is 33.6 Å². The number of rotatable bonds is 1. The molecule has 1 N–H and O–H groups in total. The van der Waals surface area contributed by atoms with E-state index in [0.717, 1.165) is 6.42 Å². The summed E-state index contributed by atoms with van der Waals surface area (Å²) >= 11 is 0. The van der Waals surface area contributed by atoms with Crippen molar-refractivity contribution in [3.63, 3.8) is 0 Å². The van der Waals surface area contributed by atoms with E-state index < -0.39 is 5.91 Å². The Kier molecular flexibility index (Phi) is 5.59. The van der Waals surface area contributed by atoms with Gasteiger partial charge in [0, 0.05) is 13.0 Å². The first-order valence-corrected chi connectivity index (χ1v) is 4.79. The topological polar surface area (TPSA) is 72.5 Å². The van der Waals surface area contributed by atoms with Crippen LogP contribution in [0.2, 0.25) is 0 Å². The van der Waals surface area contributed by atoms with E-state index in [-0.39, 0.29) is 11.4 Å². The van der Waals surface area contributed by atoms with Crippen LogP contribution in [0.15, 0.2) is 0 Å². The summed E-state index contributed by atoms with van der Waals surface area (Å²) < 4.78 is 4.55. The van der Waals surface area contributed by atoms with Gasteiger partial charge in [0.1, 0.15) is 5.60 Å². The van der Waals surface area contributed by atoms with Gasteiger partial charge in [-0.05, 0) is 27.2 Å². The molecule has 0 aromatic carbocycles. The van der Waals surface area contributed by atoms with Crippen LogP contribution in [0.25, 0.3) is 0 Å². The molecule has 15 heavy (non-hydrogen) atoms. The lowest BCUT2D eigenvalue weighted by Gasteiger charge is -2.14. The number of hydrogen-bond donors (Lipinski definition) is 1. The van der Waals surface area contributed by atoms with E-state index in [1.165, 1.54) is 0 Å². The van der Waals surface area contributed by atoms with Gasteiger partial charge in [0.25, 0.3) is 12.4 Å². The number of nitrogens with one attached hydrogen (secondary N) is 1. The number of carbonyl (C=O) groups is 3. The lowest BCUT2D eigenvalue weighted by atomic mass is 10.1. The van der Waals surface area contributed by atoms with Crippen LogP contribution in [0.3, 0.4) is 0 Å². The SMILES string of the molecule is CC(C)(C)OC=O.O=C1CCCNC1=O. The van der Waals surface area contributed by atoms with Gasteiger partial charge in [-0.1, -0.05) is 0 Å². The third kappa shape index (κ3) is 7.66. The molecule has 0 aromatic rings. The average Bonchev–Trinajstić information content (AvgIpc) is 2.09. The van der Waals surface area contributed by atoms with Crippen molar-refractivity contribution in [3.8, 4) is 0 Å². The Bertz CT molecular complexity index is 226. The fraction of sp³-hybridized carbons (Fsp3) is 0.700. The fourth-order valence-electron chi connectivity index (χ4n) is 0.807. The minimum Gasteiger partial charge on any atom is -0.462 e. The Hall–Kier alpha value is -1.39. The number of ether oxygens (including phenoxy) is 1. The van der Waals surface area contributed by atoms with Gasteiger partial charge in [0.05, 0.1) is 0 Å². The predicted octanol–water partition coefficient (Wildman–Crippen LogP) is 0.423. The molecular formula is C10H17NO4. The zero-order valence-electron chi connectivity index (χ0n) is 9.33. The molecule has 0 aliphatic carbocycles. The first-order valence-electron chi connectivity index (χ1n) is 4.79. The van der Waals surface area contributed by atoms with Gasteiger partial charge >= 0.3 is 0 Å². The molecule has 1 saturated heterocycles. The van der Waals surface area contributed by atoms with E-state index in [0.29, 0.717) is 19.4 Å². The second kappa shape index (κ2) is 6.16. The zero-order chi connectivity index (χ0) is 11.9. The van der Waals surface area contributed by atoms with Gasteiger partial charge in [-0.3, -0.25) is 14.4 Å². The van der Waals surface area contributed by atoms with Crippen LogP contribution >= 0.6 is 0 Å². The molecule has 5 nitrogen and oxygen atoms in total. The monoisotopic (exact) mass is 215 g/mol. The molecular weight excluding hydrogens is 198 g/mol. The highest BCUT2D eigenvalue weighted by Gasteiger charge is 2.16. The Labute approximate surface area is 89.2 Å². The van der Waals surface area contributed by atoms with Crippen molar-refractivity contribution in [2.75, 3.05) is 6.54 Å². The number of hydrogen-bond acceptors (Lipinski definition) is 4. The van der Waals surface area contributed by atoms with Crippen LogP contribution in [-0.2, 0) is 19.1 Å². The van der Waals surface area contributed by atoms with E-state index in [1.807, 2.05) is 20.8 Å². The summed E-state index contributed by atoms with van der Waals surface area (Å²) in [6.45, 7) is 6.58. The minimum absolute atomic E-state index is 0.281. The highest BCUT2D eigenvalue weighted by molar-refractivity contribution is 6.36. The summed E-state index contributed by atoms with van der Waals surface area (Å²) in [6, 6.07) is 0. The highest BCUT2D eigenvalue weighted by atomic mass is 16.5. The molecule has 0 radical (unpaired) electrons. The third-order valence-electron chi connectivity index (χ3n) is 1.52. The van der Waals surface area contributed by atoms with Gasteiger partial charge in [0.2, 0.25) is 5.78 Å². The maximum Gasteiger partial charge on any atom is 0.293 e. The summed E-state index contributed by atoms with van der Waals surface area (Å²) in [5.41, 5.74) is -0.318. The van der Waals surface area contributed by atoms with E-state index in [4.69, 9.17) is 0 Å². The van der Waals surface area contributed by atoms with Crippen molar-refractivity contribution in [2.24, 2.45) is 0 Å². The molecule has 1 heterocycles. The molecule has 1 aliphatic heterocycles. The number of ketones is 1. The van der Waals surface area contributed by atoms with Crippen molar-refractivity contribution in [3.05, 3.63) is 0 Å². The van der Waals surface area contributed by atoms with Crippen molar-refractivity contribution in [1.29, 1.82) is 0 Å². The van der Waals surface area contributed by atoms with Crippen molar-refractivity contribution in [1.82, 2.24) is 5.32 Å². The van der Waals surface area contributed by atoms with Crippen LogP contribution in [0.5, 0.6) is 0 Å². The average molecular weight is 215 g/mol. The van der Waals surface area contributed by atoms with Crippen LogP contribution in [-0.4, -0.2) is 30.3 Å². The second-order valence-corrected chi connectivity index (χ2v) is 4.11. The molecule has 0 atom stereocenters. The highest BCUT2D eigenvalue weighted by Crippen LogP contribution is 2.02. The van der Waals surface area contributed by atoms with Gasteiger partial charge in [-0.2, -0.15) is 0 Å². The molecule has 5 heteroatoms. The number of piperidine rings is 1. The third-order valence-corrected chi connectivity index (χ3v) is 1.52. The minimum atomic E-state index is -0.420. The van der Waals surface area contributed by atoms with E-state index >= 15 is 0 Å². The van der Waals surface area contributed by atoms with Gasteiger partial charge in [-0.25, -0.2) is 0 Å². The first-order chi connectivity index (χ1) is 6.87. The number of Topliss-reactive ketones (excluding diaryl/α,β-unsaturated/α-hetero) is 1. The summed E-state index contributed by atoms with van der Waals surface area (Å²) in [6.07, 6.45) is 1.22. The zero-order valence-corrected chi connectivity index (χ0v) is 9.33. The quantitative estimate of drug-likeness (QED) is 0.508. The Balaban J connectivity index is 0.000000265. The molecule has 0 spiro atoms. The Morgan fingerprint density at radius 2 is 1.93 bits per heavy atom. The van der Waals surface area contributed by atoms with Crippen LogP contribution in [0.4, 0.5) is 0 Å². The van der Waals surface area contributed by atoms with Gasteiger partial charge < -0.3 is 10.1 Å². The Morgan fingerprint density at radius 3 is 2.13 bits per heavy atom. The first kappa shape index (κ1) is 13.6. The molecule has 1 rings (SSSR count). The van der Waals surface area contributed by atoms with Crippen molar-refractivity contribution < 1.29 is 19.1 Å². The summed E-state index contributed by atoms with van der Waals surface area (Å²) in [4.78, 5) is 30.3. The predicted molar refractivity (Wildman–Crippen MR) is 54.2 cm³/mol. The maximum atomic E-state index is 10.4. The largest absolute Gasteiger partial charge is 0.462 e. The van der Waals surface area contributed by atoms with Gasteiger partial charge in [-0.15, -0.1) is 0 Å². The molecule has 1 aliphatic rings. The van der Waals surface area contributed by atoms with Crippen molar-refractivity contribution >= 4 is 18.2 Å². The molecule has 0 aromatic heterocycles. The summed E-state index contributed by atoms with van der Waals surface area (Å²) in [7, 11) is 0. The smallest absolute Gasteiger partial charge is 0.293 e. The molecule has 0 saturated carbocycles. The molecule has 1 fully saturated rings. The van der Waals surface area contributed by atoms with Gasteiger partial charge in [0.15, 0.2) is 0 Å². The number of carbonyl (C=O) groups excluding carboxylic acids is 3. The molecule has 1 amide bonds. The second-order valence-electron chi connectivity index (χ2n) is 4.11. The van der Waals surface area contributed by atoms with Crippen molar-refractivity contribution in [2.45, 2.75) is 39.2 Å². The lowest BCUT2D eigenvalue weighted by Crippen LogP contribution is -2.36. The fourth-order valence-corrected chi connectivity index (χ4v) is 0.807. The molecule has 0 unspecified atom stereocenters. The normalized spacial score (nSPS) is 15.9. The summed E-state index contributed by atoms with van der Waals surface area (Å²) in [5.74, 6) is -0.701. The molecule has 0 bridgehead atoms. The molecule has 86 valence electrons. The van der Waals surface area contributed by atoms with E-state index in [1.54, 1.807) is 0 Å². The van der Waals surface area contributed by atoms with E-state index in [2.05, 4.69) is 10.1 Å². The Morgan fingerprint density at radius 1 is 1.33 bits per heavy atom. The van der Waals surface area contributed by atoms with E-state index in [9.17, 15) is 14.4 Å². The maximum absolute atomic E-state index is 10.4. The van der Waals surface area contributed by atoms with Crippen LogP contribution < -0.4 is 5.32 Å². The standard InChI is InChI=1S/C5H7NO2.C5H10O2/c7-4-2-1-3-6-5(4)8;1-5(2,3)7-4-6/h1-3H2,(H,6,8);4H,1-3H3.